The third kappa shape index (κ3) is 4.71. The van der Waals surface area contributed by atoms with Crippen LogP contribution in [0.25, 0.3) is 0 Å². The molecule has 0 spiro atoms. The van der Waals surface area contributed by atoms with E-state index in [1.54, 1.807) is 12.1 Å². The minimum atomic E-state index is -0.273. The summed E-state index contributed by atoms with van der Waals surface area (Å²) in [6.07, 6.45) is 0.681. The Hall–Kier alpha value is -0.380. The van der Waals surface area contributed by atoms with Crippen molar-refractivity contribution in [1.29, 1.82) is 0 Å². The summed E-state index contributed by atoms with van der Waals surface area (Å²) >= 11 is 16.1. The lowest BCUT2D eigenvalue weighted by atomic mass is 10.1. The molecule has 1 atom stereocenters. The molecule has 0 saturated carbocycles. The van der Waals surface area contributed by atoms with Gasteiger partial charge in [0, 0.05) is 16.6 Å². The van der Waals surface area contributed by atoms with E-state index in [-0.39, 0.29) is 17.1 Å². The van der Waals surface area contributed by atoms with Gasteiger partial charge in [-0.1, -0.05) is 43.1 Å². The molecule has 5 heteroatoms. The molecule has 0 saturated heterocycles. The summed E-state index contributed by atoms with van der Waals surface area (Å²) in [5.41, 5.74) is 0.974. The summed E-state index contributed by atoms with van der Waals surface area (Å²) in [6, 6.07) is 5.37. The van der Waals surface area contributed by atoms with Crippen LogP contribution in [0.5, 0.6) is 0 Å². The number of rotatable bonds is 5. The number of nitrogens with one attached hydrogen (secondary N) is 1. The fourth-order valence-electron chi connectivity index (χ4n) is 1.45. The van der Waals surface area contributed by atoms with Crippen molar-refractivity contribution in [2.45, 2.75) is 25.5 Å². The molecule has 2 nitrogen and oxygen atoms in total. The molecule has 1 amide bonds. The Balaban J connectivity index is 2.44. The maximum Gasteiger partial charge on any atom is 0.233 e. The van der Waals surface area contributed by atoms with E-state index in [4.69, 9.17) is 23.2 Å². The Morgan fingerprint density at radius 3 is 2.61 bits per heavy atom. The van der Waals surface area contributed by atoms with Crippen molar-refractivity contribution in [3.63, 3.8) is 0 Å². The molecule has 18 heavy (non-hydrogen) atoms. The van der Waals surface area contributed by atoms with Crippen molar-refractivity contribution < 1.29 is 4.79 Å². The van der Waals surface area contributed by atoms with Gasteiger partial charge in [-0.25, -0.2) is 0 Å². The molecule has 100 valence electrons. The van der Waals surface area contributed by atoms with E-state index in [1.807, 2.05) is 19.9 Å². The first-order valence-electron chi connectivity index (χ1n) is 5.81. The van der Waals surface area contributed by atoms with Gasteiger partial charge in [0.2, 0.25) is 5.91 Å². The van der Waals surface area contributed by atoms with Gasteiger partial charge >= 0.3 is 0 Å². The van der Waals surface area contributed by atoms with Crippen molar-refractivity contribution in [2.24, 2.45) is 5.92 Å². The van der Waals surface area contributed by atoms with Crippen LogP contribution in [0.15, 0.2) is 18.2 Å². The molecule has 0 fully saturated rings. The first kappa shape index (κ1) is 15.7. The van der Waals surface area contributed by atoms with Crippen molar-refractivity contribution in [3.8, 4) is 0 Å². The smallest absolute Gasteiger partial charge is 0.233 e. The molecule has 0 radical (unpaired) electrons. The highest BCUT2D eigenvalue weighted by atomic mass is 35.5. The molecular formula is C13H17Cl2NOS. The number of benzene rings is 1. The van der Waals surface area contributed by atoms with Crippen LogP contribution < -0.4 is 5.32 Å². The molecule has 1 unspecified atom stereocenters. The standard InChI is InChI=1S/C13H17Cl2NOS/c1-8(2)12(18)13(17)16-6-5-9-3-4-10(14)7-11(9)15/h3-4,7-8,12,18H,5-6H2,1-2H3,(H,16,17). The van der Waals surface area contributed by atoms with Crippen LogP contribution in [-0.2, 0) is 11.2 Å². The lowest BCUT2D eigenvalue weighted by molar-refractivity contribution is -0.121. The Kier molecular flexibility index (Phi) is 6.33. The first-order chi connectivity index (χ1) is 8.41. The Morgan fingerprint density at radius 1 is 1.39 bits per heavy atom. The van der Waals surface area contributed by atoms with Gasteiger partial charge in [0.05, 0.1) is 5.25 Å². The van der Waals surface area contributed by atoms with Gasteiger partial charge in [0.25, 0.3) is 0 Å². The number of carbonyl (C=O) groups is 1. The second-order valence-corrected chi connectivity index (χ2v) is 5.87. The third-order valence-corrected chi connectivity index (χ3v) is 4.03. The van der Waals surface area contributed by atoms with Crippen LogP contribution >= 0.6 is 35.8 Å². The second-order valence-electron chi connectivity index (χ2n) is 4.47. The molecule has 0 aliphatic carbocycles. The van der Waals surface area contributed by atoms with Crippen LogP contribution in [0.4, 0.5) is 0 Å². The average molecular weight is 306 g/mol. The molecule has 1 rings (SSSR count). The van der Waals surface area contributed by atoms with Crippen LogP contribution in [0, 0.1) is 5.92 Å². The average Bonchev–Trinajstić information content (AvgIpc) is 2.30. The molecular weight excluding hydrogens is 289 g/mol. The SMILES string of the molecule is CC(C)C(S)C(=O)NCCc1ccc(Cl)cc1Cl. The van der Waals surface area contributed by atoms with Crippen molar-refractivity contribution >= 4 is 41.7 Å². The van der Waals surface area contributed by atoms with E-state index in [9.17, 15) is 4.79 Å². The molecule has 0 aliphatic rings. The minimum Gasteiger partial charge on any atom is -0.355 e. The van der Waals surface area contributed by atoms with Crippen LogP contribution in [0.3, 0.4) is 0 Å². The summed E-state index contributed by atoms with van der Waals surface area (Å²) in [5, 5.41) is 3.82. The number of hydrogen-bond acceptors (Lipinski definition) is 2. The van der Waals surface area contributed by atoms with E-state index in [1.165, 1.54) is 0 Å². The van der Waals surface area contributed by atoms with E-state index in [0.29, 0.717) is 23.0 Å². The molecule has 0 heterocycles. The summed E-state index contributed by atoms with van der Waals surface area (Å²) < 4.78 is 0. The number of amides is 1. The molecule has 1 aromatic rings. The number of thiol groups is 1. The zero-order valence-electron chi connectivity index (χ0n) is 10.4. The number of halogens is 2. The molecule has 1 aromatic carbocycles. The summed E-state index contributed by atoms with van der Waals surface area (Å²) in [6.45, 7) is 4.48. The first-order valence-corrected chi connectivity index (χ1v) is 7.08. The summed E-state index contributed by atoms with van der Waals surface area (Å²) in [7, 11) is 0. The normalized spacial score (nSPS) is 12.6. The Morgan fingerprint density at radius 2 is 2.06 bits per heavy atom. The summed E-state index contributed by atoms with van der Waals surface area (Å²) in [4.78, 5) is 11.7. The van der Waals surface area contributed by atoms with Gasteiger partial charge in [-0.05, 0) is 30.0 Å². The Bertz CT molecular complexity index is 423. The largest absolute Gasteiger partial charge is 0.355 e. The lowest BCUT2D eigenvalue weighted by Gasteiger charge is -2.14. The highest BCUT2D eigenvalue weighted by Crippen LogP contribution is 2.21. The zero-order valence-corrected chi connectivity index (χ0v) is 12.8. The van der Waals surface area contributed by atoms with Gasteiger partial charge in [-0.2, -0.15) is 12.6 Å². The predicted molar refractivity (Wildman–Crippen MR) is 80.8 cm³/mol. The third-order valence-electron chi connectivity index (χ3n) is 2.61. The van der Waals surface area contributed by atoms with Crippen molar-refractivity contribution in [3.05, 3.63) is 33.8 Å². The van der Waals surface area contributed by atoms with Crippen molar-refractivity contribution in [1.82, 2.24) is 5.32 Å². The van der Waals surface area contributed by atoms with Crippen LogP contribution in [0.2, 0.25) is 10.0 Å². The predicted octanol–water partition coefficient (Wildman–Crippen LogP) is 3.61. The van der Waals surface area contributed by atoms with Gasteiger partial charge in [0.15, 0.2) is 0 Å². The second kappa shape index (κ2) is 7.27. The van der Waals surface area contributed by atoms with Gasteiger partial charge < -0.3 is 5.32 Å². The van der Waals surface area contributed by atoms with Crippen molar-refractivity contribution in [2.75, 3.05) is 6.54 Å². The molecule has 0 aliphatic heterocycles. The highest BCUT2D eigenvalue weighted by Gasteiger charge is 2.16. The van der Waals surface area contributed by atoms with E-state index < -0.39 is 0 Å². The quantitative estimate of drug-likeness (QED) is 0.800. The van der Waals surface area contributed by atoms with Gasteiger partial charge in [0.1, 0.15) is 0 Å². The maximum absolute atomic E-state index is 11.7. The Labute approximate surface area is 123 Å². The molecule has 1 N–H and O–H groups in total. The monoisotopic (exact) mass is 305 g/mol. The lowest BCUT2D eigenvalue weighted by Crippen LogP contribution is -2.35. The fraction of sp³-hybridized carbons (Fsp3) is 0.462. The number of carbonyl (C=O) groups excluding carboxylic acids is 1. The zero-order chi connectivity index (χ0) is 13.7. The van der Waals surface area contributed by atoms with Gasteiger partial charge in [-0.15, -0.1) is 0 Å². The van der Waals surface area contributed by atoms with E-state index in [0.717, 1.165) is 5.56 Å². The van der Waals surface area contributed by atoms with Crippen LogP contribution in [-0.4, -0.2) is 17.7 Å². The highest BCUT2D eigenvalue weighted by molar-refractivity contribution is 7.81. The number of hydrogen-bond donors (Lipinski definition) is 2. The van der Waals surface area contributed by atoms with Gasteiger partial charge in [-0.3, -0.25) is 4.79 Å². The minimum absolute atomic E-state index is 0.0431. The molecule has 0 bridgehead atoms. The fourth-order valence-corrected chi connectivity index (χ4v) is 2.05. The summed E-state index contributed by atoms with van der Waals surface area (Å²) in [5.74, 6) is 0.172. The maximum atomic E-state index is 11.7. The van der Waals surface area contributed by atoms with E-state index in [2.05, 4.69) is 17.9 Å². The molecule has 0 aromatic heterocycles. The topological polar surface area (TPSA) is 29.1 Å². The van der Waals surface area contributed by atoms with Crippen LogP contribution in [0.1, 0.15) is 19.4 Å². The van der Waals surface area contributed by atoms with E-state index >= 15 is 0 Å².